The molecule has 0 aliphatic carbocycles. The van der Waals surface area contributed by atoms with Crippen molar-refractivity contribution in [3.63, 3.8) is 0 Å². The zero-order valence-corrected chi connectivity index (χ0v) is 16.9. The van der Waals surface area contributed by atoms with Crippen molar-refractivity contribution < 1.29 is 19.0 Å². The lowest BCUT2D eigenvalue weighted by Crippen LogP contribution is -2.22. The van der Waals surface area contributed by atoms with Crippen molar-refractivity contribution in [2.24, 2.45) is 0 Å². The molecule has 2 N–H and O–H groups in total. The summed E-state index contributed by atoms with van der Waals surface area (Å²) in [6, 6.07) is 22.1. The number of nitrogens with one attached hydrogen (secondary N) is 1. The molecular weight excluding hydrogens is 395 g/mol. The average molecular weight is 416 g/mol. The molecule has 31 heavy (non-hydrogen) atoms. The Bertz CT molecular complexity index is 1240. The minimum atomic E-state index is -0.948. The monoisotopic (exact) mass is 416 g/mol. The molecule has 4 rings (SSSR count). The molecule has 0 amide bonds. The SMILES string of the molecule is COc1ccccc1-c1ccc(-c2cc(CNCC(=O)O)c3cc(F)ccc3n2)cc1. The minimum Gasteiger partial charge on any atom is -0.496 e. The van der Waals surface area contributed by atoms with Crippen molar-refractivity contribution in [3.05, 3.63) is 84.2 Å². The average Bonchev–Trinajstić information content (AvgIpc) is 2.79. The number of fused-ring (bicyclic) bond motifs is 1. The van der Waals surface area contributed by atoms with Crippen LogP contribution in [0.25, 0.3) is 33.3 Å². The second-order valence-corrected chi connectivity index (χ2v) is 7.10. The first-order valence-corrected chi connectivity index (χ1v) is 9.80. The van der Waals surface area contributed by atoms with Crippen molar-refractivity contribution in [2.75, 3.05) is 13.7 Å². The number of para-hydroxylation sites is 1. The normalized spacial score (nSPS) is 10.9. The number of rotatable bonds is 7. The van der Waals surface area contributed by atoms with E-state index in [4.69, 9.17) is 14.8 Å². The number of aliphatic carboxylic acids is 1. The van der Waals surface area contributed by atoms with Crippen molar-refractivity contribution in [3.8, 4) is 28.1 Å². The van der Waals surface area contributed by atoms with Crippen molar-refractivity contribution in [1.82, 2.24) is 10.3 Å². The molecule has 0 saturated carbocycles. The van der Waals surface area contributed by atoms with E-state index in [1.807, 2.05) is 54.6 Å². The molecule has 156 valence electrons. The van der Waals surface area contributed by atoms with Gasteiger partial charge in [0.2, 0.25) is 0 Å². The zero-order chi connectivity index (χ0) is 21.8. The van der Waals surface area contributed by atoms with Gasteiger partial charge in [-0.3, -0.25) is 4.79 Å². The Balaban J connectivity index is 1.71. The molecule has 0 bridgehead atoms. The summed E-state index contributed by atoms with van der Waals surface area (Å²) in [5.74, 6) is -0.507. The lowest BCUT2D eigenvalue weighted by Gasteiger charge is -2.12. The van der Waals surface area contributed by atoms with Crippen LogP contribution in [0, 0.1) is 5.82 Å². The maximum Gasteiger partial charge on any atom is 0.317 e. The summed E-state index contributed by atoms with van der Waals surface area (Å²) in [6.45, 7) is 0.114. The number of hydrogen-bond acceptors (Lipinski definition) is 4. The Morgan fingerprint density at radius 2 is 1.77 bits per heavy atom. The quantitative estimate of drug-likeness (QED) is 0.449. The van der Waals surface area contributed by atoms with E-state index < -0.39 is 5.97 Å². The Kier molecular flexibility index (Phi) is 5.91. The third kappa shape index (κ3) is 4.54. The summed E-state index contributed by atoms with van der Waals surface area (Å²) in [5, 5.41) is 12.4. The number of carboxylic acids is 1. The van der Waals surface area contributed by atoms with E-state index in [2.05, 4.69) is 5.32 Å². The Morgan fingerprint density at radius 3 is 2.52 bits per heavy atom. The van der Waals surface area contributed by atoms with Gasteiger partial charge < -0.3 is 15.2 Å². The summed E-state index contributed by atoms with van der Waals surface area (Å²) in [7, 11) is 1.65. The van der Waals surface area contributed by atoms with E-state index in [1.54, 1.807) is 13.2 Å². The second-order valence-electron chi connectivity index (χ2n) is 7.10. The number of carboxylic acid groups (broad SMARTS) is 1. The number of benzene rings is 3. The van der Waals surface area contributed by atoms with Gasteiger partial charge in [-0.2, -0.15) is 0 Å². The molecule has 0 saturated heterocycles. The number of ether oxygens (including phenoxy) is 1. The molecule has 1 heterocycles. The van der Waals surface area contributed by atoms with Gasteiger partial charge in [-0.05, 0) is 41.5 Å². The first kappa shape index (κ1) is 20.5. The highest BCUT2D eigenvalue weighted by Gasteiger charge is 2.11. The smallest absolute Gasteiger partial charge is 0.317 e. The van der Waals surface area contributed by atoms with E-state index in [1.165, 1.54) is 12.1 Å². The van der Waals surface area contributed by atoms with Gasteiger partial charge in [0, 0.05) is 23.1 Å². The Labute approximate surface area is 179 Å². The predicted octanol–water partition coefficient (Wildman–Crippen LogP) is 4.89. The first-order chi connectivity index (χ1) is 15.0. The van der Waals surface area contributed by atoms with E-state index in [0.717, 1.165) is 33.7 Å². The van der Waals surface area contributed by atoms with Gasteiger partial charge in [0.05, 0.1) is 24.9 Å². The largest absolute Gasteiger partial charge is 0.496 e. The van der Waals surface area contributed by atoms with Gasteiger partial charge in [0.1, 0.15) is 11.6 Å². The van der Waals surface area contributed by atoms with Gasteiger partial charge in [0.25, 0.3) is 0 Å². The molecule has 0 unspecified atom stereocenters. The molecule has 0 spiro atoms. The molecule has 1 aromatic heterocycles. The number of halogens is 1. The summed E-state index contributed by atoms with van der Waals surface area (Å²) in [6.07, 6.45) is 0. The van der Waals surface area contributed by atoms with Gasteiger partial charge in [-0.25, -0.2) is 9.37 Å². The molecule has 0 atom stereocenters. The van der Waals surface area contributed by atoms with Crippen LogP contribution in [0.4, 0.5) is 4.39 Å². The van der Waals surface area contributed by atoms with E-state index >= 15 is 0 Å². The molecule has 5 nitrogen and oxygen atoms in total. The summed E-state index contributed by atoms with van der Waals surface area (Å²) in [5.41, 5.74) is 5.10. The number of nitrogens with zero attached hydrogens (tertiary/aromatic N) is 1. The third-order valence-corrected chi connectivity index (χ3v) is 5.05. The highest BCUT2D eigenvalue weighted by atomic mass is 19.1. The van der Waals surface area contributed by atoms with Crippen LogP contribution in [-0.2, 0) is 11.3 Å². The summed E-state index contributed by atoms with van der Waals surface area (Å²) >= 11 is 0. The fraction of sp³-hybridized carbons (Fsp3) is 0.120. The molecule has 6 heteroatoms. The highest BCUT2D eigenvalue weighted by Crippen LogP contribution is 2.32. The molecule has 0 aliphatic rings. The van der Waals surface area contributed by atoms with Crippen LogP contribution in [-0.4, -0.2) is 29.7 Å². The van der Waals surface area contributed by atoms with Crippen molar-refractivity contribution in [2.45, 2.75) is 6.54 Å². The highest BCUT2D eigenvalue weighted by molar-refractivity contribution is 5.85. The Morgan fingerprint density at radius 1 is 1.03 bits per heavy atom. The second kappa shape index (κ2) is 8.93. The lowest BCUT2D eigenvalue weighted by atomic mass is 10.00. The third-order valence-electron chi connectivity index (χ3n) is 5.05. The van der Waals surface area contributed by atoms with Crippen molar-refractivity contribution in [1.29, 1.82) is 0 Å². The van der Waals surface area contributed by atoms with Gasteiger partial charge in [-0.15, -0.1) is 0 Å². The summed E-state index contributed by atoms with van der Waals surface area (Å²) < 4.78 is 19.3. The van der Waals surface area contributed by atoms with E-state index in [9.17, 15) is 9.18 Å². The molecule has 4 aromatic rings. The van der Waals surface area contributed by atoms with Crippen LogP contribution in [0.3, 0.4) is 0 Å². The van der Waals surface area contributed by atoms with E-state index in [0.29, 0.717) is 17.4 Å². The topological polar surface area (TPSA) is 71.5 Å². The summed E-state index contributed by atoms with van der Waals surface area (Å²) in [4.78, 5) is 15.5. The minimum absolute atomic E-state index is 0.179. The zero-order valence-electron chi connectivity index (χ0n) is 16.9. The molecule has 3 aromatic carbocycles. The maximum atomic E-state index is 13.8. The van der Waals surface area contributed by atoms with Gasteiger partial charge in [-0.1, -0.05) is 42.5 Å². The van der Waals surface area contributed by atoms with E-state index in [-0.39, 0.29) is 12.4 Å². The van der Waals surface area contributed by atoms with Crippen molar-refractivity contribution >= 4 is 16.9 Å². The molecular formula is C25H21FN2O3. The molecule has 0 radical (unpaired) electrons. The van der Waals surface area contributed by atoms with Crippen LogP contribution < -0.4 is 10.1 Å². The Hall–Kier alpha value is -3.77. The van der Waals surface area contributed by atoms with Gasteiger partial charge >= 0.3 is 5.97 Å². The number of hydrogen-bond donors (Lipinski definition) is 2. The lowest BCUT2D eigenvalue weighted by molar-refractivity contribution is -0.135. The first-order valence-electron chi connectivity index (χ1n) is 9.80. The fourth-order valence-electron chi connectivity index (χ4n) is 3.57. The van der Waals surface area contributed by atoms with Crippen LogP contribution in [0.15, 0.2) is 72.8 Å². The predicted molar refractivity (Wildman–Crippen MR) is 118 cm³/mol. The number of carbonyl (C=O) groups is 1. The van der Waals surface area contributed by atoms with Crippen LogP contribution >= 0.6 is 0 Å². The van der Waals surface area contributed by atoms with Crippen LogP contribution in [0.1, 0.15) is 5.56 Å². The maximum absolute atomic E-state index is 13.8. The van der Waals surface area contributed by atoms with Gasteiger partial charge in [0.15, 0.2) is 0 Å². The molecule has 0 aliphatic heterocycles. The number of pyridine rings is 1. The fourth-order valence-corrected chi connectivity index (χ4v) is 3.57. The van der Waals surface area contributed by atoms with Crippen LogP contribution in [0.5, 0.6) is 5.75 Å². The standard InChI is InChI=1S/C25H21FN2O3/c1-31-24-5-3-2-4-20(24)16-6-8-17(9-7-16)23-12-18(14-27-15-25(29)30)21-13-19(26)10-11-22(21)28-23/h2-13,27H,14-15H2,1H3,(H,29,30). The number of methoxy groups -OCH3 is 1. The number of aromatic nitrogens is 1. The van der Waals surface area contributed by atoms with Crippen LogP contribution in [0.2, 0.25) is 0 Å². The molecule has 0 fully saturated rings.